The van der Waals surface area contributed by atoms with Crippen LogP contribution in [0, 0.1) is 0 Å². The van der Waals surface area contributed by atoms with Gasteiger partial charge in [-0.2, -0.15) is 0 Å². The van der Waals surface area contributed by atoms with E-state index in [1.165, 1.54) is 0 Å². The number of nitrogens with two attached hydrogens (primary N) is 1. The lowest BCUT2D eigenvalue weighted by Gasteiger charge is -2.15. The third kappa shape index (κ3) is 3.34. The third-order valence-corrected chi connectivity index (χ3v) is 2.09. The van der Waals surface area contributed by atoms with Gasteiger partial charge in [-0.15, -0.1) is 0 Å². The smallest absolute Gasteiger partial charge is 0.306 e. The van der Waals surface area contributed by atoms with Gasteiger partial charge in [0, 0.05) is 25.8 Å². The molecule has 0 aliphatic carbocycles. The number of nitrogens with zero attached hydrogens (tertiary/aromatic N) is 1. The lowest BCUT2D eigenvalue weighted by molar-refractivity contribution is -0.137. The van der Waals surface area contributed by atoms with Crippen LogP contribution in [-0.2, 0) is 4.79 Å². The van der Waals surface area contributed by atoms with Crippen LogP contribution >= 0.6 is 0 Å². The van der Waals surface area contributed by atoms with Crippen LogP contribution in [0.3, 0.4) is 0 Å². The van der Waals surface area contributed by atoms with E-state index in [0.29, 0.717) is 11.4 Å². The summed E-state index contributed by atoms with van der Waals surface area (Å²) in [7, 11) is 3.82. The number of rotatable bonds is 5. The van der Waals surface area contributed by atoms with Gasteiger partial charge in [0.05, 0.1) is 18.7 Å². The molecule has 16 heavy (non-hydrogen) atoms. The van der Waals surface area contributed by atoms with Crippen molar-refractivity contribution in [3.63, 3.8) is 0 Å². The summed E-state index contributed by atoms with van der Waals surface area (Å²) < 4.78 is 5.31. The summed E-state index contributed by atoms with van der Waals surface area (Å²) in [6, 6.07) is 5.40. The van der Waals surface area contributed by atoms with Gasteiger partial charge in [0.15, 0.2) is 0 Å². The monoisotopic (exact) mass is 224 g/mol. The largest absolute Gasteiger partial charge is 0.491 e. The molecule has 0 heterocycles. The fourth-order valence-corrected chi connectivity index (χ4v) is 1.17. The SMILES string of the molecule is CN(C)c1ccc(N)c(OCCC(=O)O)c1. The van der Waals surface area contributed by atoms with E-state index in [-0.39, 0.29) is 13.0 Å². The van der Waals surface area contributed by atoms with Crippen LogP contribution < -0.4 is 15.4 Å². The van der Waals surface area contributed by atoms with Crippen molar-refractivity contribution in [1.29, 1.82) is 0 Å². The third-order valence-electron chi connectivity index (χ3n) is 2.09. The molecule has 0 atom stereocenters. The average molecular weight is 224 g/mol. The van der Waals surface area contributed by atoms with E-state index >= 15 is 0 Å². The van der Waals surface area contributed by atoms with E-state index in [1.54, 1.807) is 12.1 Å². The highest BCUT2D eigenvalue weighted by atomic mass is 16.5. The van der Waals surface area contributed by atoms with E-state index in [4.69, 9.17) is 15.6 Å². The summed E-state index contributed by atoms with van der Waals surface area (Å²) in [5.41, 5.74) is 7.18. The number of carboxylic acids is 1. The molecule has 88 valence electrons. The second kappa shape index (κ2) is 5.25. The van der Waals surface area contributed by atoms with Crippen molar-refractivity contribution in [2.24, 2.45) is 0 Å². The van der Waals surface area contributed by atoms with Gasteiger partial charge in [-0.25, -0.2) is 0 Å². The summed E-state index contributed by atoms with van der Waals surface area (Å²) in [6.07, 6.45) is -0.0361. The van der Waals surface area contributed by atoms with Crippen molar-refractivity contribution in [1.82, 2.24) is 0 Å². The Morgan fingerprint density at radius 2 is 2.19 bits per heavy atom. The Morgan fingerprint density at radius 1 is 1.50 bits per heavy atom. The molecule has 0 aromatic heterocycles. The highest BCUT2D eigenvalue weighted by Crippen LogP contribution is 2.26. The van der Waals surface area contributed by atoms with Gasteiger partial charge in [-0.1, -0.05) is 0 Å². The molecular formula is C11H16N2O3. The molecule has 0 saturated carbocycles. The zero-order chi connectivity index (χ0) is 12.1. The van der Waals surface area contributed by atoms with E-state index < -0.39 is 5.97 Å². The van der Waals surface area contributed by atoms with Crippen LogP contribution in [0.25, 0.3) is 0 Å². The number of hydrogen-bond acceptors (Lipinski definition) is 4. The summed E-state index contributed by atoms with van der Waals surface area (Å²) in [4.78, 5) is 12.3. The molecule has 3 N–H and O–H groups in total. The average Bonchev–Trinajstić information content (AvgIpc) is 2.20. The molecule has 0 radical (unpaired) electrons. The molecular weight excluding hydrogens is 208 g/mol. The Bertz CT molecular complexity index is 377. The first-order valence-corrected chi connectivity index (χ1v) is 4.92. The minimum absolute atomic E-state index is 0.0361. The van der Waals surface area contributed by atoms with Crippen LogP contribution in [0.4, 0.5) is 11.4 Å². The zero-order valence-corrected chi connectivity index (χ0v) is 9.43. The van der Waals surface area contributed by atoms with E-state index in [0.717, 1.165) is 5.69 Å². The van der Waals surface area contributed by atoms with Gasteiger partial charge in [-0.3, -0.25) is 4.79 Å². The van der Waals surface area contributed by atoms with Crippen LogP contribution in [-0.4, -0.2) is 31.8 Å². The number of nitrogen functional groups attached to an aromatic ring is 1. The van der Waals surface area contributed by atoms with Crippen LogP contribution in [0.5, 0.6) is 5.75 Å². The van der Waals surface area contributed by atoms with Crippen molar-refractivity contribution >= 4 is 17.3 Å². The maximum absolute atomic E-state index is 10.3. The number of aliphatic carboxylic acids is 1. The Labute approximate surface area is 94.4 Å². The normalized spacial score (nSPS) is 9.88. The second-order valence-electron chi connectivity index (χ2n) is 3.61. The first kappa shape index (κ1) is 12.2. The van der Waals surface area contributed by atoms with Crippen molar-refractivity contribution in [3.05, 3.63) is 18.2 Å². The van der Waals surface area contributed by atoms with Crippen LogP contribution in [0.1, 0.15) is 6.42 Å². The van der Waals surface area contributed by atoms with Gasteiger partial charge in [0.2, 0.25) is 0 Å². The molecule has 0 spiro atoms. The molecule has 0 aliphatic rings. The Balaban J connectivity index is 2.70. The topological polar surface area (TPSA) is 75.8 Å². The lowest BCUT2D eigenvalue weighted by Crippen LogP contribution is -2.10. The number of carbonyl (C=O) groups is 1. The molecule has 0 aliphatic heterocycles. The zero-order valence-electron chi connectivity index (χ0n) is 9.43. The highest BCUT2D eigenvalue weighted by molar-refractivity contribution is 5.67. The molecule has 1 rings (SSSR count). The Kier molecular flexibility index (Phi) is 3.99. The molecule has 0 bridgehead atoms. The minimum atomic E-state index is -0.887. The number of carboxylic acid groups (broad SMARTS) is 1. The fourth-order valence-electron chi connectivity index (χ4n) is 1.17. The maximum Gasteiger partial charge on any atom is 0.306 e. The van der Waals surface area contributed by atoms with E-state index in [9.17, 15) is 4.79 Å². The predicted octanol–water partition coefficient (Wildman–Crippen LogP) is 1.19. The van der Waals surface area contributed by atoms with Crippen LogP contribution in [0.2, 0.25) is 0 Å². The van der Waals surface area contributed by atoms with Gasteiger partial charge < -0.3 is 20.5 Å². The molecule has 5 nitrogen and oxygen atoms in total. The Morgan fingerprint density at radius 3 is 2.75 bits per heavy atom. The van der Waals surface area contributed by atoms with E-state index in [1.807, 2.05) is 25.1 Å². The second-order valence-corrected chi connectivity index (χ2v) is 3.61. The van der Waals surface area contributed by atoms with E-state index in [2.05, 4.69) is 0 Å². The number of benzene rings is 1. The predicted molar refractivity (Wildman–Crippen MR) is 62.9 cm³/mol. The fraction of sp³-hybridized carbons (Fsp3) is 0.364. The Hall–Kier alpha value is -1.91. The maximum atomic E-state index is 10.3. The van der Waals surface area contributed by atoms with Crippen molar-refractivity contribution in [2.45, 2.75) is 6.42 Å². The molecule has 0 unspecified atom stereocenters. The molecule has 1 aromatic carbocycles. The number of anilines is 2. The molecule has 0 saturated heterocycles. The van der Waals surface area contributed by atoms with Crippen molar-refractivity contribution in [3.8, 4) is 5.75 Å². The molecule has 0 fully saturated rings. The van der Waals surface area contributed by atoms with Gasteiger partial charge >= 0.3 is 5.97 Å². The minimum Gasteiger partial charge on any atom is -0.491 e. The first-order valence-electron chi connectivity index (χ1n) is 4.92. The summed E-state index contributed by atoms with van der Waals surface area (Å²) >= 11 is 0. The summed E-state index contributed by atoms with van der Waals surface area (Å²) in [5, 5.41) is 8.48. The number of hydrogen-bond donors (Lipinski definition) is 2. The molecule has 1 aromatic rings. The molecule has 0 amide bonds. The van der Waals surface area contributed by atoms with Crippen LogP contribution in [0.15, 0.2) is 18.2 Å². The van der Waals surface area contributed by atoms with Crippen molar-refractivity contribution in [2.75, 3.05) is 31.3 Å². The summed E-state index contributed by atoms with van der Waals surface area (Å²) in [6.45, 7) is 0.121. The first-order chi connectivity index (χ1) is 7.50. The van der Waals surface area contributed by atoms with Gasteiger partial charge in [-0.05, 0) is 12.1 Å². The number of ether oxygens (including phenoxy) is 1. The highest BCUT2D eigenvalue weighted by Gasteiger charge is 2.05. The van der Waals surface area contributed by atoms with Gasteiger partial charge in [0.1, 0.15) is 5.75 Å². The molecule has 5 heteroatoms. The lowest BCUT2D eigenvalue weighted by atomic mass is 10.2. The standard InChI is InChI=1S/C11H16N2O3/c1-13(2)8-3-4-9(12)10(7-8)16-6-5-11(14)15/h3-4,7H,5-6,12H2,1-2H3,(H,14,15). The van der Waals surface area contributed by atoms with Crippen molar-refractivity contribution < 1.29 is 14.6 Å². The quantitative estimate of drug-likeness (QED) is 0.735. The summed E-state index contributed by atoms with van der Waals surface area (Å²) in [5.74, 6) is -0.366. The van der Waals surface area contributed by atoms with Gasteiger partial charge in [0.25, 0.3) is 0 Å².